The van der Waals surface area contributed by atoms with E-state index < -0.39 is 0 Å². The first-order valence-corrected chi connectivity index (χ1v) is 7.91. The van der Waals surface area contributed by atoms with E-state index in [1.165, 1.54) is 12.8 Å². The smallest absolute Gasteiger partial charge is 0.251 e. The summed E-state index contributed by atoms with van der Waals surface area (Å²) in [6, 6.07) is 5.35. The summed E-state index contributed by atoms with van der Waals surface area (Å²) >= 11 is 0. The Labute approximate surface area is 128 Å². The molecule has 1 amide bonds. The molecule has 3 N–H and O–H groups in total. The first-order chi connectivity index (χ1) is 10.1. The Hall–Kier alpha value is -1.71. The zero-order valence-electron chi connectivity index (χ0n) is 13.4. The van der Waals surface area contributed by atoms with E-state index in [0.29, 0.717) is 23.6 Å². The molecule has 0 bridgehead atoms. The van der Waals surface area contributed by atoms with E-state index in [1.807, 2.05) is 13.8 Å². The standard InChI is InChI=1S/C17H28N2O2/c1-4-6-7-8-11-21-16-12-14(9-10-15(16)18)17(20)19-13(3)5-2/h9-10,12-13H,4-8,11,18H2,1-3H3,(H,19,20). The number of hydrogen-bond donors (Lipinski definition) is 2. The summed E-state index contributed by atoms with van der Waals surface area (Å²) in [6.07, 6.45) is 5.49. The third-order valence-corrected chi connectivity index (χ3v) is 3.52. The van der Waals surface area contributed by atoms with Crippen LogP contribution in [0.5, 0.6) is 5.75 Å². The summed E-state index contributed by atoms with van der Waals surface area (Å²) < 4.78 is 5.70. The van der Waals surface area contributed by atoms with Crippen molar-refractivity contribution in [3.05, 3.63) is 23.8 Å². The van der Waals surface area contributed by atoms with Crippen LogP contribution in [0.15, 0.2) is 18.2 Å². The van der Waals surface area contributed by atoms with E-state index in [9.17, 15) is 4.79 Å². The van der Waals surface area contributed by atoms with Gasteiger partial charge in [0.05, 0.1) is 12.3 Å². The molecule has 4 heteroatoms. The Balaban J connectivity index is 2.60. The number of rotatable bonds is 9. The van der Waals surface area contributed by atoms with Crippen molar-refractivity contribution in [1.82, 2.24) is 5.32 Å². The molecule has 0 fully saturated rings. The fourth-order valence-electron chi connectivity index (χ4n) is 1.92. The molecule has 4 nitrogen and oxygen atoms in total. The molecule has 0 aliphatic rings. The minimum atomic E-state index is -0.0832. The quantitative estimate of drug-likeness (QED) is 0.538. The molecule has 1 aromatic rings. The highest BCUT2D eigenvalue weighted by Gasteiger charge is 2.11. The lowest BCUT2D eigenvalue weighted by atomic mass is 10.1. The van der Waals surface area contributed by atoms with Gasteiger partial charge in [-0.25, -0.2) is 0 Å². The molecule has 1 unspecified atom stereocenters. The highest BCUT2D eigenvalue weighted by molar-refractivity contribution is 5.95. The van der Waals surface area contributed by atoms with Gasteiger partial charge in [0, 0.05) is 11.6 Å². The predicted octanol–water partition coefficient (Wildman–Crippen LogP) is 3.76. The molecule has 0 radical (unpaired) electrons. The number of amides is 1. The van der Waals surface area contributed by atoms with Crippen LogP contribution in [-0.2, 0) is 0 Å². The molecule has 21 heavy (non-hydrogen) atoms. The van der Waals surface area contributed by atoms with Crippen LogP contribution in [0.25, 0.3) is 0 Å². The zero-order chi connectivity index (χ0) is 15.7. The summed E-state index contributed by atoms with van der Waals surface area (Å²) in [6.45, 7) is 6.85. The van der Waals surface area contributed by atoms with Crippen LogP contribution >= 0.6 is 0 Å². The number of nitrogens with one attached hydrogen (secondary N) is 1. The molecule has 0 heterocycles. The maximum absolute atomic E-state index is 12.1. The van der Waals surface area contributed by atoms with E-state index in [0.717, 1.165) is 19.3 Å². The number of ether oxygens (including phenoxy) is 1. The molecule has 118 valence electrons. The lowest BCUT2D eigenvalue weighted by Crippen LogP contribution is -2.31. The van der Waals surface area contributed by atoms with Crippen molar-refractivity contribution in [1.29, 1.82) is 0 Å². The molecular weight excluding hydrogens is 264 g/mol. The molecule has 0 aliphatic heterocycles. The fourth-order valence-corrected chi connectivity index (χ4v) is 1.92. The summed E-state index contributed by atoms with van der Waals surface area (Å²) in [5.41, 5.74) is 7.07. The predicted molar refractivity (Wildman–Crippen MR) is 87.7 cm³/mol. The van der Waals surface area contributed by atoms with Crippen molar-refractivity contribution < 1.29 is 9.53 Å². The summed E-state index contributed by atoms with van der Waals surface area (Å²) in [5.74, 6) is 0.517. The van der Waals surface area contributed by atoms with Gasteiger partial charge in [0.15, 0.2) is 0 Å². The van der Waals surface area contributed by atoms with E-state index >= 15 is 0 Å². The average Bonchev–Trinajstić information content (AvgIpc) is 2.48. The average molecular weight is 292 g/mol. The van der Waals surface area contributed by atoms with Crippen molar-refractivity contribution in [2.24, 2.45) is 0 Å². The van der Waals surface area contributed by atoms with Gasteiger partial charge in [0.25, 0.3) is 5.91 Å². The maximum Gasteiger partial charge on any atom is 0.251 e. The van der Waals surface area contributed by atoms with E-state index in [4.69, 9.17) is 10.5 Å². The minimum absolute atomic E-state index is 0.0832. The maximum atomic E-state index is 12.1. The second-order valence-electron chi connectivity index (χ2n) is 5.44. The van der Waals surface area contributed by atoms with Gasteiger partial charge in [-0.2, -0.15) is 0 Å². The molecule has 1 atom stereocenters. The van der Waals surface area contributed by atoms with Crippen LogP contribution in [0, 0.1) is 0 Å². The van der Waals surface area contributed by atoms with Crippen molar-refractivity contribution in [2.75, 3.05) is 12.3 Å². The van der Waals surface area contributed by atoms with Crippen molar-refractivity contribution in [3.8, 4) is 5.75 Å². The number of carbonyl (C=O) groups excluding carboxylic acids is 1. The van der Waals surface area contributed by atoms with Crippen LogP contribution in [0.3, 0.4) is 0 Å². The first-order valence-electron chi connectivity index (χ1n) is 7.91. The third kappa shape index (κ3) is 6.06. The SMILES string of the molecule is CCCCCCOc1cc(C(=O)NC(C)CC)ccc1N. The number of nitrogens with two attached hydrogens (primary N) is 1. The summed E-state index contributed by atoms with van der Waals surface area (Å²) in [7, 11) is 0. The number of nitrogen functional groups attached to an aromatic ring is 1. The van der Waals surface area contributed by atoms with E-state index in [-0.39, 0.29) is 11.9 Å². The Morgan fingerprint density at radius 2 is 2.05 bits per heavy atom. The van der Waals surface area contributed by atoms with Crippen LogP contribution < -0.4 is 15.8 Å². The van der Waals surface area contributed by atoms with Crippen LogP contribution in [0.2, 0.25) is 0 Å². The van der Waals surface area contributed by atoms with Gasteiger partial charge in [-0.05, 0) is 38.0 Å². The van der Waals surface area contributed by atoms with Gasteiger partial charge in [-0.1, -0.05) is 33.1 Å². The Morgan fingerprint density at radius 3 is 2.71 bits per heavy atom. The number of benzene rings is 1. The third-order valence-electron chi connectivity index (χ3n) is 3.52. The normalized spacial score (nSPS) is 12.0. The van der Waals surface area contributed by atoms with Gasteiger partial charge in [-0.15, -0.1) is 0 Å². The van der Waals surface area contributed by atoms with Gasteiger partial charge in [0.1, 0.15) is 5.75 Å². The molecule has 0 aliphatic carbocycles. The van der Waals surface area contributed by atoms with Crippen LogP contribution in [0.4, 0.5) is 5.69 Å². The Bertz CT molecular complexity index is 446. The van der Waals surface area contributed by atoms with Gasteiger partial charge in [0.2, 0.25) is 0 Å². The summed E-state index contributed by atoms with van der Waals surface area (Å²) in [5, 5.41) is 2.94. The molecule has 0 spiro atoms. The first kappa shape index (κ1) is 17.3. The van der Waals surface area contributed by atoms with Crippen LogP contribution in [0.1, 0.15) is 63.2 Å². The van der Waals surface area contributed by atoms with Crippen LogP contribution in [-0.4, -0.2) is 18.6 Å². The van der Waals surface area contributed by atoms with E-state index in [2.05, 4.69) is 12.2 Å². The Morgan fingerprint density at radius 1 is 1.29 bits per heavy atom. The van der Waals surface area contributed by atoms with Gasteiger partial charge in [-0.3, -0.25) is 4.79 Å². The minimum Gasteiger partial charge on any atom is -0.491 e. The lowest BCUT2D eigenvalue weighted by molar-refractivity contribution is 0.0939. The van der Waals surface area contributed by atoms with Gasteiger partial charge >= 0.3 is 0 Å². The molecular formula is C17H28N2O2. The second-order valence-corrected chi connectivity index (χ2v) is 5.44. The number of carbonyl (C=O) groups is 1. The van der Waals surface area contributed by atoms with E-state index in [1.54, 1.807) is 18.2 Å². The number of hydrogen-bond acceptors (Lipinski definition) is 3. The molecule has 0 saturated carbocycles. The highest BCUT2D eigenvalue weighted by atomic mass is 16.5. The molecule has 0 saturated heterocycles. The Kier molecular flexibility index (Phi) is 7.65. The van der Waals surface area contributed by atoms with Crippen molar-refractivity contribution in [2.45, 2.75) is 58.9 Å². The van der Waals surface area contributed by atoms with Crippen molar-refractivity contribution in [3.63, 3.8) is 0 Å². The molecule has 1 rings (SSSR count). The fraction of sp³-hybridized carbons (Fsp3) is 0.588. The zero-order valence-corrected chi connectivity index (χ0v) is 13.4. The topological polar surface area (TPSA) is 64.3 Å². The molecule has 1 aromatic carbocycles. The van der Waals surface area contributed by atoms with Crippen molar-refractivity contribution >= 4 is 11.6 Å². The highest BCUT2D eigenvalue weighted by Crippen LogP contribution is 2.23. The molecule has 0 aromatic heterocycles. The summed E-state index contributed by atoms with van der Waals surface area (Å²) in [4.78, 5) is 12.1. The van der Waals surface area contributed by atoms with Gasteiger partial charge < -0.3 is 15.8 Å². The largest absolute Gasteiger partial charge is 0.491 e. The monoisotopic (exact) mass is 292 g/mol. The number of anilines is 1. The number of unbranched alkanes of at least 4 members (excludes halogenated alkanes) is 3. The lowest BCUT2D eigenvalue weighted by Gasteiger charge is -2.13. The second kappa shape index (κ2) is 9.27.